The summed E-state index contributed by atoms with van der Waals surface area (Å²) in [5, 5.41) is 10.1. The number of halogens is 1. The molecule has 0 bridgehead atoms. The highest BCUT2D eigenvalue weighted by Crippen LogP contribution is 2.43. The number of rotatable bonds is 4. The Labute approximate surface area is 178 Å². The Hall–Kier alpha value is -3.16. The third-order valence-corrected chi connectivity index (χ3v) is 5.71. The zero-order chi connectivity index (χ0) is 20.7. The van der Waals surface area contributed by atoms with Crippen LogP contribution >= 0.6 is 11.6 Å². The summed E-state index contributed by atoms with van der Waals surface area (Å²) in [5.41, 5.74) is 5.43. The number of nitrogens with one attached hydrogen (secondary N) is 2. The van der Waals surface area contributed by atoms with Gasteiger partial charge in [-0.05, 0) is 18.2 Å². The van der Waals surface area contributed by atoms with Gasteiger partial charge in [-0.15, -0.1) is 11.6 Å². The molecule has 1 aliphatic heterocycles. The second-order valence-corrected chi connectivity index (χ2v) is 7.47. The van der Waals surface area contributed by atoms with E-state index in [0.717, 1.165) is 43.1 Å². The van der Waals surface area contributed by atoms with Gasteiger partial charge in [-0.25, -0.2) is 0 Å². The number of anilines is 2. The van der Waals surface area contributed by atoms with Crippen LogP contribution in [0.15, 0.2) is 42.5 Å². The summed E-state index contributed by atoms with van der Waals surface area (Å²) in [7, 11) is 0. The van der Waals surface area contributed by atoms with Crippen LogP contribution in [0.25, 0.3) is 22.5 Å². The van der Waals surface area contributed by atoms with E-state index in [1.807, 2.05) is 30.3 Å². The molecule has 0 atom stereocenters. The number of hydrogen-bond acceptors (Lipinski definition) is 5. The summed E-state index contributed by atoms with van der Waals surface area (Å²) >= 11 is 5.61. The number of fused-ring (bicyclic) bond motifs is 3. The van der Waals surface area contributed by atoms with Crippen molar-refractivity contribution in [2.45, 2.75) is 0 Å². The van der Waals surface area contributed by atoms with Gasteiger partial charge in [0.05, 0.1) is 35.7 Å². The lowest BCUT2D eigenvalue weighted by molar-refractivity contribution is -0.113. The maximum absolute atomic E-state index is 13.3. The Morgan fingerprint density at radius 1 is 1.13 bits per heavy atom. The standard InChI is InChI=1S/C22H19ClN4O3/c23-12-17(28)24-16-3-1-2-15-18(16)22(29)19-20(25-26-21(15)19)13-4-6-14(7-5-13)27-8-10-30-11-9-27/h1-7H,8-12H2,(H,24,28)(H,25,26). The highest BCUT2D eigenvalue weighted by atomic mass is 35.5. The number of aromatic amines is 1. The highest BCUT2D eigenvalue weighted by molar-refractivity contribution is 6.30. The third kappa shape index (κ3) is 3.07. The van der Waals surface area contributed by atoms with Gasteiger partial charge in [-0.2, -0.15) is 5.10 Å². The number of amides is 1. The van der Waals surface area contributed by atoms with Crippen molar-refractivity contribution in [1.29, 1.82) is 0 Å². The van der Waals surface area contributed by atoms with E-state index in [9.17, 15) is 9.59 Å². The van der Waals surface area contributed by atoms with Gasteiger partial charge in [-0.1, -0.05) is 24.3 Å². The molecule has 0 spiro atoms. The summed E-state index contributed by atoms with van der Waals surface area (Å²) in [6.45, 7) is 3.18. The number of H-pyrrole nitrogens is 1. The van der Waals surface area contributed by atoms with Crippen LogP contribution in [0.1, 0.15) is 15.9 Å². The van der Waals surface area contributed by atoms with Crippen molar-refractivity contribution in [1.82, 2.24) is 10.2 Å². The largest absolute Gasteiger partial charge is 0.378 e. The lowest BCUT2D eigenvalue weighted by Crippen LogP contribution is -2.36. The lowest BCUT2D eigenvalue weighted by Gasteiger charge is -2.28. The van der Waals surface area contributed by atoms with Gasteiger partial charge in [0.25, 0.3) is 0 Å². The number of ketones is 1. The van der Waals surface area contributed by atoms with E-state index in [1.165, 1.54) is 0 Å². The molecule has 7 nitrogen and oxygen atoms in total. The van der Waals surface area contributed by atoms with Gasteiger partial charge in [0, 0.05) is 29.9 Å². The molecule has 1 saturated heterocycles. The average Bonchev–Trinajstić information content (AvgIpc) is 3.35. The maximum atomic E-state index is 13.3. The Morgan fingerprint density at radius 3 is 2.63 bits per heavy atom. The Kier molecular flexibility index (Phi) is 4.77. The first kappa shape index (κ1) is 18.8. The van der Waals surface area contributed by atoms with E-state index < -0.39 is 0 Å². The van der Waals surface area contributed by atoms with Crippen LogP contribution in [-0.4, -0.2) is 54.1 Å². The van der Waals surface area contributed by atoms with Crippen molar-refractivity contribution in [3.8, 4) is 22.5 Å². The second-order valence-electron chi connectivity index (χ2n) is 7.21. The predicted octanol–water partition coefficient (Wildman–Crippen LogP) is 3.30. The Morgan fingerprint density at radius 2 is 1.90 bits per heavy atom. The zero-order valence-electron chi connectivity index (χ0n) is 16.1. The van der Waals surface area contributed by atoms with Crippen molar-refractivity contribution in [2.75, 3.05) is 42.4 Å². The molecule has 2 aliphatic rings. The maximum Gasteiger partial charge on any atom is 0.239 e. The molecule has 2 N–H and O–H groups in total. The molecule has 3 aromatic rings. The van der Waals surface area contributed by atoms with Gasteiger partial charge in [0.1, 0.15) is 11.6 Å². The summed E-state index contributed by atoms with van der Waals surface area (Å²) < 4.78 is 5.41. The number of benzene rings is 2. The van der Waals surface area contributed by atoms with Gasteiger partial charge in [0.15, 0.2) is 5.78 Å². The quantitative estimate of drug-likeness (QED) is 0.493. The van der Waals surface area contributed by atoms with Gasteiger partial charge in [0.2, 0.25) is 5.91 Å². The van der Waals surface area contributed by atoms with Crippen LogP contribution in [0, 0.1) is 0 Å². The number of ether oxygens (including phenoxy) is 1. The molecular formula is C22H19ClN4O3. The predicted molar refractivity (Wildman–Crippen MR) is 115 cm³/mol. The van der Waals surface area contributed by atoms with Crippen LogP contribution in [0.4, 0.5) is 11.4 Å². The van der Waals surface area contributed by atoms with Crippen molar-refractivity contribution in [2.24, 2.45) is 0 Å². The Bertz CT molecular complexity index is 1130. The highest BCUT2D eigenvalue weighted by Gasteiger charge is 2.34. The fourth-order valence-electron chi connectivity index (χ4n) is 4.04. The van der Waals surface area contributed by atoms with Crippen LogP contribution in [0.5, 0.6) is 0 Å². The van der Waals surface area contributed by atoms with E-state index >= 15 is 0 Å². The van der Waals surface area contributed by atoms with E-state index in [-0.39, 0.29) is 17.6 Å². The van der Waals surface area contributed by atoms with Crippen LogP contribution < -0.4 is 10.2 Å². The van der Waals surface area contributed by atoms with E-state index in [2.05, 4.69) is 20.4 Å². The molecule has 8 heteroatoms. The molecular weight excluding hydrogens is 404 g/mol. The molecule has 1 aliphatic carbocycles. The van der Waals surface area contributed by atoms with Gasteiger partial charge >= 0.3 is 0 Å². The van der Waals surface area contributed by atoms with Crippen molar-refractivity contribution in [3.63, 3.8) is 0 Å². The smallest absolute Gasteiger partial charge is 0.239 e. The number of nitrogens with zero attached hydrogens (tertiary/aromatic N) is 2. The first-order valence-electron chi connectivity index (χ1n) is 9.73. The van der Waals surface area contributed by atoms with Gasteiger partial charge in [-0.3, -0.25) is 14.7 Å². The van der Waals surface area contributed by atoms with Crippen molar-refractivity contribution in [3.05, 3.63) is 53.6 Å². The number of aromatic nitrogens is 2. The summed E-state index contributed by atoms with van der Waals surface area (Å²) in [5.74, 6) is -0.692. The third-order valence-electron chi connectivity index (χ3n) is 5.47. The monoisotopic (exact) mass is 422 g/mol. The first-order chi connectivity index (χ1) is 14.7. The molecule has 0 saturated carbocycles. The fraction of sp³-hybridized carbons (Fsp3) is 0.227. The molecule has 5 rings (SSSR count). The number of carbonyl (C=O) groups is 2. The molecule has 1 aromatic heterocycles. The summed E-state index contributed by atoms with van der Waals surface area (Å²) in [6.07, 6.45) is 0. The number of hydrogen-bond donors (Lipinski definition) is 2. The van der Waals surface area contributed by atoms with Crippen LogP contribution in [-0.2, 0) is 9.53 Å². The number of carbonyl (C=O) groups excluding carboxylic acids is 2. The topological polar surface area (TPSA) is 87.3 Å². The van der Waals surface area contributed by atoms with E-state index in [0.29, 0.717) is 28.2 Å². The van der Waals surface area contributed by atoms with Crippen molar-refractivity contribution < 1.29 is 14.3 Å². The molecule has 1 amide bonds. The molecule has 0 radical (unpaired) electrons. The van der Waals surface area contributed by atoms with E-state index in [4.69, 9.17) is 16.3 Å². The first-order valence-corrected chi connectivity index (χ1v) is 10.3. The summed E-state index contributed by atoms with van der Waals surface area (Å²) in [4.78, 5) is 27.3. The number of morpholine rings is 1. The van der Waals surface area contributed by atoms with E-state index in [1.54, 1.807) is 12.1 Å². The normalized spacial score (nSPS) is 15.1. The van der Waals surface area contributed by atoms with Gasteiger partial charge < -0.3 is 15.0 Å². The Balaban J connectivity index is 1.49. The van der Waals surface area contributed by atoms with Crippen LogP contribution in [0.2, 0.25) is 0 Å². The lowest BCUT2D eigenvalue weighted by atomic mass is 10.0. The second kappa shape index (κ2) is 7.59. The number of alkyl halides is 1. The van der Waals surface area contributed by atoms with Crippen molar-refractivity contribution >= 4 is 34.7 Å². The average molecular weight is 423 g/mol. The minimum absolute atomic E-state index is 0.161. The fourth-order valence-corrected chi connectivity index (χ4v) is 4.10. The molecule has 1 fully saturated rings. The van der Waals surface area contributed by atoms with Crippen LogP contribution in [0.3, 0.4) is 0 Å². The zero-order valence-corrected chi connectivity index (χ0v) is 16.8. The SMILES string of the molecule is O=C(CCl)Nc1cccc2c1C(=O)c1c(-c3ccc(N4CCOCC4)cc3)n[nH]c1-2. The molecule has 0 unspecified atom stereocenters. The molecule has 2 heterocycles. The molecule has 2 aromatic carbocycles. The summed E-state index contributed by atoms with van der Waals surface area (Å²) in [6, 6.07) is 13.4. The minimum atomic E-state index is -0.356. The minimum Gasteiger partial charge on any atom is -0.378 e. The molecule has 152 valence electrons. The molecule has 30 heavy (non-hydrogen) atoms.